The number of halogens is 2. The molecule has 0 radical (unpaired) electrons. The smallest absolute Gasteiger partial charge is 0.290 e. The molecule has 0 saturated carbocycles. The van der Waals surface area contributed by atoms with Crippen LogP contribution in [0.2, 0.25) is 0 Å². The van der Waals surface area contributed by atoms with Crippen LogP contribution < -0.4 is 0 Å². The molecule has 1 saturated heterocycles. The number of alkyl halides is 2. The second-order valence-corrected chi connectivity index (χ2v) is 4.43. The molecule has 2 unspecified atom stereocenters. The Hall–Kier alpha value is -0.220. The molecule has 2 atom stereocenters. The first-order valence-electron chi connectivity index (χ1n) is 4.49. The molecule has 1 rings (SSSR count). The average molecular weight is 194 g/mol. The number of hydrogen-bond acceptors (Lipinski definition) is 2. The van der Waals surface area contributed by atoms with Crippen molar-refractivity contribution in [2.45, 2.75) is 52.6 Å². The Kier molecular flexibility index (Phi) is 2.65. The molecule has 0 aliphatic carbocycles. The highest BCUT2D eigenvalue weighted by atomic mass is 19.3. The first-order valence-corrected chi connectivity index (χ1v) is 4.49. The van der Waals surface area contributed by atoms with Crippen molar-refractivity contribution in [1.82, 2.24) is 0 Å². The van der Waals surface area contributed by atoms with Gasteiger partial charge in [-0.2, -0.15) is 0 Å². The molecule has 2 nitrogen and oxygen atoms in total. The molecule has 1 fully saturated rings. The van der Waals surface area contributed by atoms with Gasteiger partial charge in [-0.1, -0.05) is 27.7 Å². The first-order chi connectivity index (χ1) is 5.76. The third-order valence-electron chi connectivity index (χ3n) is 2.15. The van der Waals surface area contributed by atoms with Crippen molar-refractivity contribution in [3.63, 3.8) is 0 Å². The molecule has 78 valence electrons. The zero-order chi connectivity index (χ0) is 10.3. The third-order valence-corrected chi connectivity index (χ3v) is 2.15. The van der Waals surface area contributed by atoms with Gasteiger partial charge in [0.1, 0.15) is 0 Å². The molecule has 13 heavy (non-hydrogen) atoms. The predicted molar refractivity (Wildman–Crippen MR) is 44.4 cm³/mol. The fourth-order valence-electron chi connectivity index (χ4n) is 1.52. The molecule has 1 aliphatic heterocycles. The van der Waals surface area contributed by atoms with Gasteiger partial charge in [0.25, 0.3) is 0 Å². The van der Waals surface area contributed by atoms with Crippen LogP contribution in [0, 0.1) is 5.41 Å². The van der Waals surface area contributed by atoms with Gasteiger partial charge in [0.05, 0.1) is 12.2 Å². The van der Waals surface area contributed by atoms with Crippen LogP contribution in [0.25, 0.3) is 0 Å². The van der Waals surface area contributed by atoms with E-state index in [1.807, 2.05) is 27.7 Å². The normalized spacial score (nSPS) is 33.7. The summed E-state index contributed by atoms with van der Waals surface area (Å²) in [6, 6.07) is 0. The summed E-state index contributed by atoms with van der Waals surface area (Å²) >= 11 is 0. The first kappa shape index (κ1) is 10.9. The molecule has 1 aliphatic rings. The predicted octanol–water partition coefficient (Wildman–Crippen LogP) is 2.78. The molecule has 0 bridgehead atoms. The topological polar surface area (TPSA) is 18.5 Å². The van der Waals surface area contributed by atoms with Gasteiger partial charge < -0.3 is 0 Å². The SMILES string of the molecule is CCC1OC(F)(F)OC1C(C)(C)C. The van der Waals surface area contributed by atoms with E-state index in [2.05, 4.69) is 9.47 Å². The largest absolute Gasteiger partial charge is 0.486 e. The van der Waals surface area contributed by atoms with Crippen LogP contribution in [0.5, 0.6) is 0 Å². The lowest BCUT2D eigenvalue weighted by Gasteiger charge is -2.28. The van der Waals surface area contributed by atoms with E-state index in [0.717, 1.165) is 0 Å². The summed E-state index contributed by atoms with van der Waals surface area (Å²) < 4.78 is 34.5. The molecular formula is C9H16F2O2. The zero-order valence-electron chi connectivity index (χ0n) is 8.43. The minimum Gasteiger partial charge on any atom is -0.290 e. The Balaban J connectivity index is 2.75. The second-order valence-electron chi connectivity index (χ2n) is 4.43. The van der Waals surface area contributed by atoms with Crippen molar-refractivity contribution in [2.24, 2.45) is 5.41 Å². The maximum Gasteiger partial charge on any atom is 0.486 e. The summed E-state index contributed by atoms with van der Waals surface area (Å²) in [7, 11) is 0. The van der Waals surface area contributed by atoms with E-state index in [1.54, 1.807) is 0 Å². The van der Waals surface area contributed by atoms with E-state index in [4.69, 9.17) is 0 Å². The van der Waals surface area contributed by atoms with Gasteiger partial charge in [0.15, 0.2) is 0 Å². The van der Waals surface area contributed by atoms with Crippen molar-refractivity contribution in [3.05, 3.63) is 0 Å². The second kappa shape index (κ2) is 3.17. The average Bonchev–Trinajstić information content (AvgIpc) is 2.24. The molecule has 0 aromatic carbocycles. The van der Waals surface area contributed by atoms with Gasteiger partial charge >= 0.3 is 6.29 Å². The molecule has 0 N–H and O–H groups in total. The highest BCUT2D eigenvalue weighted by Gasteiger charge is 2.52. The fraction of sp³-hybridized carbons (Fsp3) is 1.00. The Morgan fingerprint density at radius 1 is 1.23 bits per heavy atom. The molecule has 0 amide bonds. The minimum atomic E-state index is -3.40. The van der Waals surface area contributed by atoms with E-state index in [1.165, 1.54) is 0 Å². The monoisotopic (exact) mass is 194 g/mol. The number of ether oxygens (including phenoxy) is 2. The standard InChI is InChI=1S/C9H16F2O2/c1-5-6-7(8(2,3)4)13-9(10,11)12-6/h6-7H,5H2,1-4H3. The molecule has 1 heterocycles. The molecule has 0 aromatic heterocycles. The van der Waals surface area contributed by atoms with Crippen LogP contribution in [0.4, 0.5) is 8.78 Å². The summed E-state index contributed by atoms with van der Waals surface area (Å²) in [5.41, 5.74) is -0.319. The quantitative estimate of drug-likeness (QED) is 0.639. The van der Waals surface area contributed by atoms with Crippen LogP contribution in [0.1, 0.15) is 34.1 Å². The molecular weight excluding hydrogens is 178 g/mol. The van der Waals surface area contributed by atoms with Crippen LogP contribution in [-0.4, -0.2) is 18.5 Å². The lowest BCUT2D eigenvalue weighted by atomic mass is 9.85. The van der Waals surface area contributed by atoms with E-state index in [-0.39, 0.29) is 5.41 Å². The molecule has 0 spiro atoms. The van der Waals surface area contributed by atoms with Crippen molar-refractivity contribution < 1.29 is 18.3 Å². The summed E-state index contributed by atoms with van der Waals surface area (Å²) in [5.74, 6) is 0. The highest BCUT2D eigenvalue weighted by molar-refractivity contribution is 4.85. The number of hydrogen-bond donors (Lipinski definition) is 0. The van der Waals surface area contributed by atoms with Gasteiger partial charge in [-0.15, -0.1) is 8.78 Å². The summed E-state index contributed by atoms with van der Waals surface area (Å²) in [6.45, 7) is 7.41. The maximum atomic E-state index is 12.7. The summed E-state index contributed by atoms with van der Waals surface area (Å²) in [4.78, 5) is 0. The number of rotatable bonds is 1. The van der Waals surface area contributed by atoms with E-state index in [0.29, 0.717) is 6.42 Å². The van der Waals surface area contributed by atoms with Crippen molar-refractivity contribution in [1.29, 1.82) is 0 Å². The Morgan fingerprint density at radius 2 is 1.77 bits per heavy atom. The van der Waals surface area contributed by atoms with Crippen LogP contribution in [0.3, 0.4) is 0 Å². The lowest BCUT2D eigenvalue weighted by molar-refractivity contribution is -0.354. The van der Waals surface area contributed by atoms with Gasteiger partial charge in [0, 0.05) is 0 Å². The van der Waals surface area contributed by atoms with Crippen LogP contribution in [-0.2, 0) is 9.47 Å². The highest BCUT2D eigenvalue weighted by Crippen LogP contribution is 2.40. The van der Waals surface area contributed by atoms with Crippen molar-refractivity contribution >= 4 is 0 Å². The molecule has 4 heteroatoms. The third kappa shape index (κ3) is 2.38. The summed E-state index contributed by atoms with van der Waals surface area (Å²) in [5, 5.41) is 0. The van der Waals surface area contributed by atoms with Crippen molar-refractivity contribution in [3.8, 4) is 0 Å². The van der Waals surface area contributed by atoms with E-state index >= 15 is 0 Å². The zero-order valence-corrected chi connectivity index (χ0v) is 8.43. The van der Waals surface area contributed by atoms with Crippen LogP contribution in [0.15, 0.2) is 0 Å². The summed E-state index contributed by atoms with van der Waals surface area (Å²) in [6.07, 6.45) is -3.90. The van der Waals surface area contributed by atoms with Gasteiger partial charge in [-0.05, 0) is 11.8 Å². The van der Waals surface area contributed by atoms with Gasteiger partial charge in [-0.25, -0.2) is 0 Å². The fourth-order valence-corrected chi connectivity index (χ4v) is 1.52. The molecule has 0 aromatic rings. The Bertz CT molecular complexity index is 187. The van der Waals surface area contributed by atoms with E-state index < -0.39 is 18.5 Å². The van der Waals surface area contributed by atoms with Crippen LogP contribution >= 0.6 is 0 Å². The van der Waals surface area contributed by atoms with Gasteiger partial charge in [0.2, 0.25) is 0 Å². The van der Waals surface area contributed by atoms with Crippen molar-refractivity contribution in [2.75, 3.05) is 0 Å². The Morgan fingerprint density at radius 3 is 2.08 bits per heavy atom. The maximum absolute atomic E-state index is 12.7. The Labute approximate surface area is 77.2 Å². The van der Waals surface area contributed by atoms with Gasteiger partial charge in [-0.3, -0.25) is 9.47 Å². The minimum absolute atomic E-state index is 0.319. The van der Waals surface area contributed by atoms with E-state index in [9.17, 15) is 8.78 Å². The lowest BCUT2D eigenvalue weighted by Crippen LogP contribution is -2.35.